The van der Waals surface area contributed by atoms with E-state index in [0.29, 0.717) is 24.2 Å². The molecule has 3 rings (SSSR count). The first-order chi connectivity index (χ1) is 14.4. The SMILES string of the molecule is C[C@@H]1C(=O)N[C@@H](c2ccc(F)cc2)C/C=C/C[C@H](C)Oc2ccccc2C(=O)N1C. The molecule has 0 aromatic heterocycles. The van der Waals surface area contributed by atoms with Gasteiger partial charge in [-0.1, -0.05) is 36.4 Å². The second-order valence-electron chi connectivity index (χ2n) is 7.57. The monoisotopic (exact) mass is 410 g/mol. The lowest BCUT2D eigenvalue weighted by Gasteiger charge is -2.28. The molecule has 3 atom stereocenters. The second kappa shape index (κ2) is 9.57. The lowest BCUT2D eigenvalue weighted by atomic mass is 10.0. The highest BCUT2D eigenvalue weighted by atomic mass is 19.1. The number of benzene rings is 2. The Bertz CT molecular complexity index is 926. The van der Waals surface area contributed by atoms with Crippen LogP contribution >= 0.6 is 0 Å². The molecule has 1 N–H and O–H groups in total. The Morgan fingerprint density at radius 2 is 1.67 bits per heavy atom. The molecule has 2 amide bonds. The lowest BCUT2D eigenvalue weighted by Crippen LogP contribution is -2.47. The van der Waals surface area contributed by atoms with E-state index in [9.17, 15) is 14.0 Å². The average molecular weight is 410 g/mol. The number of fused-ring (bicyclic) bond motifs is 1. The molecule has 5 nitrogen and oxygen atoms in total. The van der Waals surface area contributed by atoms with E-state index in [0.717, 1.165) is 5.56 Å². The molecule has 1 aliphatic rings. The molecule has 0 fully saturated rings. The van der Waals surface area contributed by atoms with Crippen LogP contribution in [0.25, 0.3) is 0 Å². The molecular formula is C24H27FN2O3. The van der Waals surface area contributed by atoms with Gasteiger partial charge in [0, 0.05) is 13.5 Å². The van der Waals surface area contributed by atoms with Crippen LogP contribution in [0.1, 0.15) is 48.7 Å². The third-order valence-corrected chi connectivity index (χ3v) is 5.32. The topological polar surface area (TPSA) is 58.6 Å². The van der Waals surface area contributed by atoms with E-state index in [1.165, 1.54) is 17.0 Å². The van der Waals surface area contributed by atoms with Crippen molar-refractivity contribution in [3.05, 3.63) is 77.6 Å². The van der Waals surface area contributed by atoms with Crippen LogP contribution in [0.4, 0.5) is 4.39 Å². The van der Waals surface area contributed by atoms with Crippen molar-refractivity contribution in [2.45, 2.75) is 44.9 Å². The van der Waals surface area contributed by atoms with Gasteiger partial charge in [0.2, 0.25) is 5.91 Å². The van der Waals surface area contributed by atoms with E-state index in [1.54, 1.807) is 44.3 Å². The van der Waals surface area contributed by atoms with Crippen LogP contribution in [0.3, 0.4) is 0 Å². The van der Waals surface area contributed by atoms with Crippen LogP contribution in [0.5, 0.6) is 5.75 Å². The van der Waals surface area contributed by atoms with Crippen molar-refractivity contribution in [1.29, 1.82) is 0 Å². The van der Waals surface area contributed by atoms with Crippen LogP contribution < -0.4 is 10.1 Å². The van der Waals surface area contributed by atoms with Gasteiger partial charge in [-0.2, -0.15) is 0 Å². The zero-order chi connectivity index (χ0) is 21.7. The van der Waals surface area contributed by atoms with Gasteiger partial charge in [0.1, 0.15) is 17.6 Å². The van der Waals surface area contributed by atoms with E-state index in [2.05, 4.69) is 5.32 Å². The maximum atomic E-state index is 13.3. The number of para-hydroxylation sites is 1. The fourth-order valence-corrected chi connectivity index (χ4v) is 3.34. The number of ether oxygens (including phenoxy) is 1. The summed E-state index contributed by atoms with van der Waals surface area (Å²) in [5.74, 6) is -0.391. The Morgan fingerprint density at radius 1 is 1.00 bits per heavy atom. The number of nitrogens with zero attached hydrogens (tertiary/aromatic N) is 1. The van der Waals surface area contributed by atoms with Crippen LogP contribution in [-0.2, 0) is 4.79 Å². The summed E-state index contributed by atoms with van der Waals surface area (Å²) >= 11 is 0. The number of carbonyl (C=O) groups excluding carboxylic acids is 2. The minimum absolute atomic E-state index is 0.125. The summed E-state index contributed by atoms with van der Waals surface area (Å²) < 4.78 is 19.3. The van der Waals surface area contributed by atoms with Gasteiger partial charge in [-0.25, -0.2) is 4.39 Å². The quantitative estimate of drug-likeness (QED) is 0.715. The van der Waals surface area contributed by atoms with Crippen molar-refractivity contribution in [3.8, 4) is 5.75 Å². The Labute approximate surface area is 176 Å². The highest BCUT2D eigenvalue weighted by molar-refractivity contribution is 5.99. The zero-order valence-electron chi connectivity index (χ0n) is 17.5. The van der Waals surface area contributed by atoms with Crippen molar-refractivity contribution < 1.29 is 18.7 Å². The molecule has 2 aromatic rings. The molecule has 0 bridgehead atoms. The first-order valence-electron chi connectivity index (χ1n) is 10.1. The number of rotatable bonds is 1. The molecule has 0 spiro atoms. The van der Waals surface area contributed by atoms with Crippen molar-refractivity contribution in [1.82, 2.24) is 10.2 Å². The molecule has 1 heterocycles. The van der Waals surface area contributed by atoms with Gasteiger partial charge < -0.3 is 15.0 Å². The van der Waals surface area contributed by atoms with Crippen LogP contribution in [0.2, 0.25) is 0 Å². The normalized spacial score (nSPS) is 24.3. The van der Waals surface area contributed by atoms with Crippen LogP contribution in [0.15, 0.2) is 60.7 Å². The standard InChI is InChI=1S/C24H27FN2O3/c1-16-8-4-6-10-21(18-12-14-19(25)15-13-18)26-23(28)17(2)27(3)24(29)20-9-5-7-11-22(20)30-16/h4-7,9,11-17,21H,8,10H2,1-3H3,(H,26,28)/b6-4+/t16-,17+,21+/m0/s1. The third-order valence-electron chi connectivity index (χ3n) is 5.32. The number of halogens is 1. The molecule has 0 unspecified atom stereocenters. The first-order valence-corrected chi connectivity index (χ1v) is 10.1. The Kier molecular flexibility index (Phi) is 6.87. The van der Waals surface area contributed by atoms with Gasteiger partial charge in [0.15, 0.2) is 0 Å². The fourth-order valence-electron chi connectivity index (χ4n) is 3.34. The zero-order valence-corrected chi connectivity index (χ0v) is 17.5. The summed E-state index contributed by atoms with van der Waals surface area (Å²) in [6.45, 7) is 3.63. The fraction of sp³-hybridized carbons (Fsp3) is 0.333. The molecular weight excluding hydrogens is 383 g/mol. The number of nitrogens with one attached hydrogen (secondary N) is 1. The van der Waals surface area contributed by atoms with Crippen molar-refractivity contribution in [3.63, 3.8) is 0 Å². The van der Waals surface area contributed by atoms with Gasteiger partial charge in [0.25, 0.3) is 5.91 Å². The number of likely N-dealkylation sites (N-methyl/N-ethyl adjacent to an activating group) is 1. The van der Waals surface area contributed by atoms with E-state index in [-0.39, 0.29) is 29.8 Å². The minimum Gasteiger partial charge on any atom is -0.490 e. The molecule has 1 aliphatic heterocycles. The van der Waals surface area contributed by atoms with Gasteiger partial charge in [-0.05, 0) is 50.1 Å². The molecule has 0 aliphatic carbocycles. The second-order valence-corrected chi connectivity index (χ2v) is 7.57. The maximum absolute atomic E-state index is 13.3. The van der Waals surface area contributed by atoms with Crippen molar-refractivity contribution >= 4 is 11.8 Å². The highest BCUT2D eigenvalue weighted by Crippen LogP contribution is 2.24. The molecule has 158 valence electrons. The number of hydrogen-bond donors (Lipinski definition) is 1. The predicted molar refractivity (Wildman–Crippen MR) is 114 cm³/mol. The largest absolute Gasteiger partial charge is 0.490 e. The number of hydrogen-bond acceptors (Lipinski definition) is 3. The summed E-state index contributed by atoms with van der Waals surface area (Å²) in [6, 6.07) is 12.1. The van der Waals surface area contributed by atoms with Gasteiger partial charge >= 0.3 is 0 Å². The highest BCUT2D eigenvalue weighted by Gasteiger charge is 2.27. The molecule has 30 heavy (non-hydrogen) atoms. The van der Waals surface area contributed by atoms with E-state index in [1.807, 2.05) is 25.1 Å². The van der Waals surface area contributed by atoms with Crippen LogP contribution in [0, 0.1) is 5.82 Å². The molecule has 0 saturated carbocycles. The number of carbonyl (C=O) groups is 2. The summed E-state index contributed by atoms with van der Waals surface area (Å²) in [4.78, 5) is 27.4. The Morgan fingerprint density at radius 3 is 2.40 bits per heavy atom. The van der Waals surface area contributed by atoms with Gasteiger partial charge in [-0.3, -0.25) is 9.59 Å². The molecule has 0 radical (unpaired) electrons. The molecule has 2 aromatic carbocycles. The smallest absolute Gasteiger partial charge is 0.258 e. The van der Waals surface area contributed by atoms with Crippen LogP contribution in [-0.4, -0.2) is 35.9 Å². The molecule has 0 saturated heterocycles. The molecule has 6 heteroatoms. The maximum Gasteiger partial charge on any atom is 0.258 e. The van der Waals surface area contributed by atoms with Crippen molar-refractivity contribution in [2.75, 3.05) is 7.05 Å². The Balaban J connectivity index is 1.92. The minimum atomic E-state index is -0.696. The predicted octanol–water partition coefficient (Wildman–Crippen LogP) is 4.26. The van der Waals surface area contributed by atoms with E-state index >= 15 is 0 Å². The lowest BCUT2D eigenvalue weighted by molar-refractivity contribution is -0.125. The summed E-state index contributed by atoms with van der Waals surface area (Å²) in [6.07, 6.45) is 5.06. The summed E-state index contributed by atoms with van der Waals surface area (Å²) in [5, 5.41) is 3.00. The van der Waals surface area contributed by atoms with Gasteiger partial charge in [0.05, 0.1) is 17.7 Å². The van der Waals surface area contributed by atoms with Crippen molar-refractivity contribution in [2.24, 2.45) is 0 Å². The summed E-state index contributed by atoms with van der Waals surface area (Å²) in [7, 11) is 1.60. The van der Waals surface area contributed by atoms with E-state index in [4.69, 9.17) is 4.74 Å². The average Bonchev–Trinajstić information content (AvgIpc) is 2.74. The Hall–Kier alpha value is -3.15. The van der Waals surface area contributed by atoms with Gasteiger partial charge in [-0.15, -0.1) is 0 Å². The summed E-state index contributed by atoms with van der Waals surface area (Å²) in [5.41, 5.74) is 1.22. The van der Waals surface area contributed by atoms with E-state index < -0.39 is 6.04 Å². The first kappa shape index (κ1) is 21.6. The number of amides is 2. The third kappa shape index (κ3) is 5.06.